The Hall–Kier alpha value is -2.45. The number of oxazole rings is 1. The van der Waals surface area contributed by atoms with E-state index in [1.807, 2.05) is 20.8 Å². The van der Waals surface area contributed by atoms with Crippen molar-refractivity contribution in [3.63, 3.8) is 0 Å². The Morgan fingerprint density at radius 3 is 2.63 bits per heavy atom. The Balaban J connectivity index is 1.80. The topological polar surface area (TPSA) is 87.4 Å². The molecule has 1 aromatic heterocycles. The second-order valence-corrected chi connectivity index (χ2v) is 8.29. The van der Waals surface area contributed by atoms with Crippen molar-refractivity contribution >= 4 is 56.0 Å². The van der Waals surface area contributed by atoms with E-state index in [1.54, 1.807) is 36.4 Å². The van der Waals surface area contributed by atoms with Crippen LogP contribution in [0.4, 0.5) is 5.69 Å². The number of nitrogens with one attached hydrogen (secondary N) is 2. The lowest BCUT2D eigenvalue weighted by Crippen LogP contribution is -2.41. The molecule has 3 aromatic rings. The summed E-state index contributed by atoms with van der Waals surface area (Å²) in [5.74, 6) is 0.418. The molecule has 0 bridgehead atoms. The van der Waals surface area contributed by atoms with Crippen LogP contribution < -0.4 is 10.6 Å². The van der Waals surface area contributed by atoms with Crippen molar-refractivity contribution in [1.82, 2.24) is 10.3 Å². The maximum Gasteiger partial charge on any atom is 0.231 e. The van der Waals surface area contributed by atoms with Crippen LogP contribution >= 0.6 is 28.1 Å². The summed E-state index contributed by atoms with van der Waals surface area (Å²) in [6.45, 7) is 5.45. The molecule has 1 heterocycles. The van der Waals surface area contributed by atoms with Gasteiger partial charge in [0.05, 0.1) is 4.47 Å². The first-order valence-corrected chi connectivity index (χ1v) is 9.35. The third-order valence-corrected chi connectivity index (χ3v) is 4.59. The van der Waals surface area contributed by atoms with E-state index in [4.69, 9.17) is 16.6 Å². The number of aromatic nitrogens is 1. The maximum atomic E-state index is 12.0. The van der Waals surface area contributed by atoms with Crippen molar-refractivity contribution in [3.8, 4) is 17.2 Å². The molecule has 8 heteroatoms. The van der Waals surface area contributed by atoms with Gasteiger partial charge in [0.1, 0.15) is 11.3 Å². The molecule has 1 amide bonds. The van der Waals surface area contributed by atoms with Crippen LogP contribution in [-0.2, 0) is 4.79 Å². The fraction of sp³-hybridized carbons (Fsp3) is 0.211. The quantitative estimate of drug-likeness (QED) is 0.488. The summed E-state index contributed by atoms with van der Waals surface area (Å²) in [7, 11) is 0. The van der Waals surface area contributed by atoms with Crippen molar-refractivity contribution < 1.29 is 14.3 Å². The molecule has 0 radical (unpaired) electrons. The van der Waals surface area contributed by atoms with Crippen LogP contribution in [0.3, 0.4) is 0 Å². The number of thiocarbonyl (C=S) groups is 1. The van der Waals surface area contributed by atoms with E-state index in [-0.39, 0.29) is 16.8 Å². The Morgan fingerprint density at radius 1 is 1.22 bits per heavy atom. The first-order valence-electron chi connectivity index (χ1n) is 8.15. The molecule has 0 fully saturated rings. The predicted molar refractivity (Wildman–Crippen MR) is 113 cm³/mol. The van der Waals surface area contributed by atoms with E-state index in [0.717, 1.165) is 5.56 Å². The second-order valence-electron chi connectivity index (χ2n) is 7.03. The maximum absolute atomic E-state index is 12.0. The lowest BCUT2D eigenvalue weighted by molar-refractivity contribution is -0.126. The number of benzene rings is 2. The van der Waals surface area contributed by atoms with Gasteiger partial charge in [-0.15, -0.1) is 0 Å². The van der Waals surface area contributed by atoms with E-state index >= 15 is 0 Å². The predicted octanol–water partition coefficient (Wildman–Crippen LogP) is 4.82. The number of halogens is 1. The third kappa shape index (κ3) is 4.45. The highest BCUT2D eigenvalue weighted by Gasteiger charge is 2.22. The zero-order chi connectivity index (χ0) is 19.8. The summed E-state index contributed by atoms with van der Waals surface area (Å²) < 4.78 is 6.33. The fourth-order valence-electron chi connectivity index (χ4n) is 2.22. The summed E-state index contributed by atoms with van der Waals surface area (Å²) in [5, 5.41) is 15.5. The van der Waals surface area contributed by atoms with Crippen molar-refractivity contribution in [3.05, 3.63) is 40.9 Å². The van der Waals surface area contributed by atoms with Crippen molar-refractivity contribution in [2.45, 2.75) is 20.8 Å². The van der Waals surface area contributed by atoms with E-state index in [9.17, 15) is 9.90 Å². The highest BCUT2D eigenvalue weighted by Crippen LogP contribution is 2.31. The molecular formula is C19H18BrN3O3S. The Morgan fingerprint density at radius 2 is 1.96 bits per heavy atom. The fourth-order valence-corrected chi connectivity index (χ4v) is 2.81. The number of rotatable bonds is 2. The number of anilines is 1. The monoisotopic (exact) mass is 447 g/mol. The first kappa shape index (κ1) is 19.3. The minimum absolute atomic E-state index is 0.146. The normalized spacial score (nSPS) is 11.4. The number of amides is 1. The highest BCUT2D eigenvalue weighted by atomic mass is 79.9. The SMILES string of the molecule is CC(C)(C)C(=O)NC(=S)Nc1ccc2oc(-c3ccc(O)c(Br)c3)nc2c1. The number of hydrogen-bond donors (Lipinski definition) is 3. The van der Waals surface area contributed by atoms with Crippen LogP contribution in [0.25, 0.3) is 22.6 Å². The molecule has 0 aliphatic carbocycles. The molecule has 27 heavy (non-hydrogen) atoms. The Labute approximate surface area is 170 Å². The van der Waals surface area contributed by atoms with Gasteiger partial charge >= 0.3 is 0 Å². The number of carbonyl (C=O) groups is 1. The average Bonchev–Trinajstić information content (AvgIpc) is 2.99. The average molecular weight is 448 g/mol. The van der Waals surface area contributed by atoms with Gasteiger partial charge < -0.3 is 20.2 Å². The molecule has 0 aliphatic rings. The number of aromatic hydroxyl groups is 1. The molecule has 3 N–H and O–H groups in total. The van der Waals surface area contributed by atoms with Gasteiger partial charge in [0.25, 0.3) is 0 Å². The number of fused-ring (bicyclic) bond motifs is 1. The van der Waals surface area contributed by atoms with Crippen LogP contribution in [0.1, 0.15) is 20.8 Å². The highest BCUT2D eigenvalue weighted by molar-refractivity contribution is 9.10. The second kappa shape index (κ2) is 7.28. The van der Waals surface area contributed by atoms with Gasteiger partial charge in [-0.2, -0.15) is 0 Å². The molecule has 0 saturated carbocycles. The molecule has 6 nitrogen and oxygen atoms in total. The minimum atomic E-state index is -0.533. The largest absolute Gasteiger partial charge is 0.507 e. The number of nitrogens with zero attached hydrogens (tertiary/aromatic N) is 1. The zero-order valence-electron chi connectivity index (χ0n) is 15.0. The molecule has 140 valence electrons. The van der Waals surface area contributed by atoms with Gasteiger partial charge in [-0.3, -0.25) is 4.79 Å². The van der Waals surface area contributed by atoms with E-state index in [2.05, 4.69) is 31.5 Å². The summed E-state index contributed by atoms with van der Waals surface area (Å²) in [5.41, 5.74) is 2.15. The van der Waals surface area contributed by atoms with Crippen molar-refractivity contribution in [2.75, 3.05) is 5.32 Å². The lowest BCUT2D eigenvalue weighted by atomic mass is 9.96. The number of phenols is 1. The molecule has 3 rings (SSSR count). The summed E-state index contributed by atoms with van der Waals surface area (Å²) in [4.78, 5) is 16.5. The van der Waals surface area contributed by atoms with Gasteiger partial charge in [-0.05, 0) is 64.5 Å². The van der Waals surface area contributed by atoms with Gasteiger partial charge in [0, 0.05) is 16.7 Å². The van der Waals surface area contributed by atoms with Crippen LogP contribution in [0.15, 0.2) is 45.3 Å². The van der Waals surface area contributed by atoms with Crippen LogP contribution in [0, 0.1) is 5.41 Å². The number of phenolic OH excluding ortho intramolecular Hbond substituents is 1. The van der Waals surface area contributed by atoms with Crippen LogP contribution in [-0.4, -0.2) is 21.1 Å². The van der Waals surface area contributed by atoms with E-state index in [1.165, 1.54) is 0 Å². The number of hydrogen-bond acceptors (Lipinski definition) is 5. The van der Waals surface area contributed by atoms with Gasteiger partial charge in [-0.1, -0.05) is 20.8 Å². The van der Waals surface area contributed by atoms with E-state index in [0.29, 0.717) is 27.2 Å². The van der Waals surface area contributed by atoms with Gasteiger partial charge in [0.2, 0.25) is 11.8 Å². The standard InChI is InChI=1S/C19H18BrN3O3S/c1-19(2,3)17(25)23-18(27)21-11-5-7-15-13(9-11)22-16(26-15)10-4-6-14(24)12(20)8-10/h4-9,24H,1-3H3,(H2,21,23,25,27). The molecule has 0 aliphatic heterocycles. The smallest absolute Gasteiger partial charge is 0.231 e. The minimum Gasteiger partial charge on any atom is -0.507 e. The van der Waals surface area contributed by atoms with Crippen LogP contribution in [0.5, 0.6) is 5.75 Å². The molecule has 0 spiro atoms. The van der Waals surface area contributed by atoms with Crippen molar-refractivity contribution in [2.24, 2.45) is 5.41 Å². The summed E-state index contributed by atoms with van der Waals surface area (Å²) >= 11 is 8.48. The van der Waals surface area contributed by atoms with E-state index < -0.39 is 5.41 Å². The molecule has 0 atom stereocenters. The number of carbonyl (C=O) groups excluding carboxylic acids is 1. The summed E-state index contributed by atoms with van der Waals surface area (Å²) in [6.07, 6.45) is 0. The zero-order valence-corrected chi connectivity index (χ0v) is 17.4. The van der Waals surface area contributed by atoms with Crippen LogP contribution in [0.2, 0.25) is 0 Å². The summed E-state index contributed by atoms with van der Waals surface area (Å²) in [6, 6.07) is 10.4. The molecular weight excluding hydrogens is 430 g/mol. The lowest BCUT2D eigenvalue weighted by Gasteiger charge is -2.18. The van der Waals surface area contributed by atoms with Gasteiger partial charge in [0.15, 0.2) is 10.7 Å². The Kier molecular flexibility index (Phi) is 5.21. The van der Waals surface area contributed by atoms with Gasteiger partial charge in [-0.25, -0.2) is 4.98 Å². The Bertz CT molecular complexity index is 1040. The third-order valence-electron chi connectivity index (χ3n) is 3.75. The molecule has 0 unspecified atom stereocenters. The molecule has 2 aromatic carbocycles. The molecule has 0 saturated heterocycles. The first-order chi connectivity index (χ1) is 12.6. The van der Waals surface area contributed by atoms with Crippen molar-refractivity contribution in [1.29, 1.82) is 0 Å².